The van der Waals surface area contributed by atoms with Crippen LogP contribution < -0.4 is 5.32 Å². The van der Waals surface area contributed by atoms with E-state index in [1.165, 1.54) is 11.8 Å². The Labute approximate surface area is 82.7 Å². The van der Waals surface area contributed by atoms with Crippen molar-refractivity contribution < 1.29 is 9.18 Å². The molecule has 4 nitrogen and oxygen atoms in total. The van der Waals surface area contributed by atoms with Gasteiger partial charge in [-0.15, -0.1) is 0 Å². The molecule has 5 heteroatoms. The van der Waals surface area contributed by atoms with Crippen molar-refractivity contribution in [3.8, 4) is 6.07 Å². The van der Waals surface area contributed by atoms with Crippen molar-refractivity contribution >= 4 is 5.91 Å². The number of piperazine rings is 1. The van der Waals surface area contributed by atoms with Gasteiger partial charge in [0.1, 0.15) is 0 Å². The van der Waals surface area contributed by atoms with E-state index >= 15 is 0 Å². The highest BCUT2D eigenvalue weighted by molar-refractivity contribution is 5.80. The number of nitriles is 1. The maximum absolute atomic E-state index is 12.8. The van der Waals surface area contributed by atoms with Crippen molar-refractivity contribution in [3.05, 3.63) is 0 Å². The number of hydrogen-bond acceptors (Lipinski definition) is 3. The van der Waals surface area contributed by atoms with Crippen molar-refractivity contribution in [1.82, 2.24) is 10.2 Å². The second-order valence-corrected chi connectivity index (χ2v) is 3.37. The van der Waals surface area contributed by atoms with Crippen molar-refractivity contribution in [1.29, 1.82) is 5.26 Å². The zero-order valence-electron chi connectivity index (χ0n) is 8.16. The first-order valence-corrected chi connectivity index (χ1v) is 4.69. The fraction of sp³-hybridized carbons (Fsp3) is 0.778. The Bertz CT molecular complexity index is 249. The molecule has 1 aliphatic heterocycles. The van der Waals surface area contributed by atoms with E-state index in [4.69, 9.17) is 5.26 Å². The van der Waals surface area contributed by atoms with E-state index in [1.807, 2.05) is 6.07 Å². The summed E-state index contributed by atoms with van der Waals surface area (Å²) in [5, 5.41) is 11.6. The molecule has 1 N–H and O–H groups in total. The molecule has 1 saturated heterocycles. The minimum atomic E-state index is -1.48. The fourth-order valence-electron chi connectivity index (χ4n) is 1.57. The Morgan fingerprint density at radius 3 is 3.14 bits per heavy atom. The van der Waals surface area contributed by atoms with Gasteiger partial charge in [-0.25, -0.2) is 4.39 Å². The third-order valence-electron chi connectivity index (χ3n) is 2.30. The third kappa shape index (κ3) is 2.42. The van der Waals surface area contributed by atoms with E-state index < -0.39 is 12.1 Å². The van der Waals surface area contributed by atoms with Crippen LogP contribution in [-0.2, 0) is 4.79 Å². The SMILES string of the molecule is C[C@H](F)C(=O)N1CCNC[C@@H]1CC#N. The molecule has 0 aliphatic carbocycles. The van der Waals surface area contributed by atoms with Crippen molar-refractivity contribution in [2.45, 2.75) is 25.6 Å². The molecular formula is C9H14FN3O. The van der Waals surface area contributed by atoms with E-state index in [2.05, 4.69) is 5.32 Å². The van der Waals surface area contributed by atoms with Gasteiger partial charge in [0, 0.05) is 19.6 Å². The van der Waals surface area contributed by atoms with Crippen LogP contribution in [-0.4, -0.2) is 42.7 Å². The molecule has 1 aliphatic rings. The fourth-order valence-corrected chi connectivity index (χ4v) is 1.57. The first-order valence-electron chi connectivity index (χ1n) is 4.69. The Morgan fingerprint density at radius 2 is 2.57 bits per heavy atom. The molecule has 14 heavy (non-hydrogen) atoms. The van der Waals surface area contributed by atoms with Gasteiger partial charge in [-0.05, 0) is 6.92 Å². The van der Waals surface area contributed by atoms with Gasteiger partial charge in [-0.1, -0.05) is 0 Å². The lowest BCUT2D eigenvalue weighted by atomic mass is 10.1. The molecule has 1 heterocycles. The van der Waals surface area contributed by atoms with Crippen LogP contribution in [0.4, 0.5) is 4.39 Å². The summed E-state index contributed by atoms with van der Waals surface area (Å²) in [4.78, 5) is 12.9. The number of hydrogen-bond donors (Lipinski definition) is 1. The van der Waals surface area contributed by atoms with E-state index in [0.29, 0.717) is 19.6 Å². The monoisotopic (exact) mass is 199 g/mol. The second-order valence-electron chi connectivity index (χ2n) is 3.37. The number of alkyl halides is 1. The Hall–Kier alpha value is -1.15. The first kappa shape index (κ1) is 10.9. The van der Waals surface area contributed by atoms with Crippen molar-refractivity contribution in [3.63, 3.8) is 0 Å². The predicted octanol–water partition coefficient (Wildman–Crippen LogP) is 0.0585. The maximum atomic E-state index is 12.8. The van der Waals surface area contributed by atoms with Crippen molar-refractivity contribution in [2.24, 2.45) is 0 Å². The summed E-state index contributed by atoms with van der Waals surface area (Å²) in [6.07, 6.45) is -1.22. The number of nitrogens with zero attached hydrogens (tertiary/aromatic N) is 2. The lowest BCUT2D eigenvalue weighted by Gasteiger charge is -2.35. The summed E-state index contributed by atoms with van der Waals surface area (Å²) >= 11 is 0. The highest BCUT2D eigenvalue weighted by Gasteiger charge is 2.29. The van der Waals surface area contributed by atoms with Crippen LogP contribution in [0.5, 0.6) is 0 Å². The zero-order chi connectivity index (χ0) is 10.6. The second kappa shape index (κ2) is 4.91. The van der Waals surface area contributed by atoms with Crippen LogP contribution in [0.3, 0.4) is 0 Å². The van der Waals surface area contributed by atoms with E-state index in [1.54, 1.807) is 0 Å². The van der Waals surface area contributed by atoms with Crippen LogP contribution in [0.25, 0.3) is 0 Å². The molecule has 0 saturated carbocycles. The van der Waals surface area contributed by atoms with Crippen LogP contribution in [0.1, 0.15) is 13.3 Å². The van der Waals surface area contributed by atoms with Gasteiger partial charge >= 0.3 is 0 Å². The van der Waals surface area contributed by atoms with Crippen LogP contribution in [0.15, 0.2) is 0 Å². The minimum Gasteiger partial charge on any atom is -0.334 e. The number of amides is 1. The van der Waals surface area contributed by atoms with Gasteiger partial charge in [-0.2, -0.15) is 5.26 Å². The molecule has 0 aromatic rings. The van der Waals surface area contributed by atoms with Gasteiger partial charge in [0.2, 0.25) is 0 Å². The number of nitrogens with one attached hydrogen (secondary N) is 1. The van der Waals surface area contributed by atoms with Gasteiger partial charge in [0.25, 0.3) is 5.91 Å². The molecule has 1 fully saturated rings. The molecule has 0 unspecified atom stereocenters. The minimum absolute atomic E-state index is 0.181. The smallest absolute Gasteiger partial charge is 0.257 e. The number of halogens is 1. The highest BCUT2D eigenvalue weighted by Crippen LogP contribution is 2.10. The molecule has 0 aromatic heterocycles. The summed E-state index contributed by atoms with van der Waals surface area (Å²) < 4.78 is 12.8. The lowest BCUT2D eigenvalue weighted by molar-refractivity contribution is -0.139. The zero-order valence-corrected chi connectivity index (χ0v) is 8.16. The topological polar surface area (TPSA) is 56.1 Å². The molecule has 0 spiro atoms. The maximum Gasteiger partial charge on any atom is 0.257 e. The van der Waals surface area contributed by atoms with Crippen LogP contribution >= 0.6 is 0 Å². The number of carbonyl (C=O) groups excluding carboxylic acids is 1. The molecule has 0 bridgehead atoms. The molecule has 0 aromatic carbocycles. The quantitative estimate of drug-likeness (QED) is 0.684. The average molecular weight is 199 g/mol. The third-order valence-corrected chi connectivity index (χ3v) is 2.30. The van der Waals surface area contributed by atoms with Gasteiger partial charge in [0.05, 0.1) is 18.5 Å². The Kier molecular flexibility index (Phi) is 3.84. The van der Waals surface area contributed by atoms with E-state index in [-0.39, 0.29) is 12.5 Å². The number of carbonyl (C=O) groups is 1. The Balaban J connectivity index is 2.63. The standard InChI is InChI=1S/C9H14FN3O/c1-7(10)9(14)13-5-4-12-6-8(13)2-3-11/h7-8,12H,2,4-6H2,1H3/t7-,8-/m0/s1. The number of rotatable bonds is 2. The molecular weight excluding hydrogens is 185 g/mol. The average Bonchev–Trinajstić information content (AvgIpc) is 2.18. The molecule has 2 atom stereocenters. The van der Waals surface area contributed by atoms with Gasteiger partial charge < -0.3 is 10.2 Å². The summed E-state index contributed by atoms with van der Waals surface area (Å²) in [6, 6.07) is 1.82. The van der Waals surface area contributed by atoms with Crippen molar-refractivity contribution in [2.75, 3.05) is 19.6 Å². The lowest BCUT2D eigenvalue weighted by Crippen LogP contribution is -2.55. The van der Waals surface area contributed by atoms with Crippen LogP contribution in [0.2, 0.25) is 0 Å². The normalized spacial score (nSPS) is 24.1. The summed E-state index contributed by atoms with van der Waals surface area (Å²) in [5.41, 5.74) is 0. The molecule has 1 amide bonds. The van der Waals surface area contributed by atoms with E-state index in [0.717, 1.165) is 0 Å². The predicted molar refractivity (Wildman–Crippen MR) is 49.2 cm³/mol. The van der Waals surface area contributed by atoms with Gasteiger partial charge in [0.15, 0.2) is 6.17 Å². The molecule has 1 rings (SSSR count). The van der Waals surface area contributed by atoms with Gasteiger partial charge in [-0.3, -0.25) is 4.79 Å². The van der Waals surface area contributed by atoms with Crippen LogP contribution in [0, 0.1) is 11.3 Å². The first-order chi connectivity index (χ1) is 6.66. The highest BCUT2D eigenvalue weighted by atomic mass is 19.1. The largest absolute Gasteiger partial charge is 0.334 e. The Morgan fingerprint density at radius 1 is 1.86 bits per heavy atom. The van der Waals surface area contributed by atoms with E-state index in [9.17, 15) is 9.18 Å². The summed E-state index contributed by atoms with van der Waals surface area (Å²) in [6.45, 7) is 2.96. The molecule has 78 valence electrons. The summed E-state index contributed by atoms with van der Waals surface area (Å²) in [5.74, 6) is -0.508. The molecule has 0 radical (unpaired) electrons. The summed E-state index contributed by atoms with van der Waals surface area (Å²) in [7, 11) is 0.